The first-order chi connectivity index (χ1) is 13.8. The average molecular weight is 395 g/mol. The molecule has 1 aromatic heterocycles. The Morgan fingerprint density at radius 3 is 2.69 bits per heavy atom. The van der Waals surface area contributed by atoms with E-state index in [1.54, 1.807) is 12.3 Å². The quantitative estimate of drug-likeness (QED) is 0.815. The molecule has 0 spiro atoms. The fraction of sp³-hybridized carbons (Fsp3) is 0.565. The van der Waals surface area contributed by atoms with Crippen molar-refractivity contribution < 1.29 is 13.9 Å². The third-order valence-electron chi connectivity index (χ3n) is 7.88. The second kappa shape index (κ2) is 5.69. The van der Waals surface area contributed by atoms with Gasteiger partial charge in [0.25, 0.3) is 0 Å². The summed E-state index contributed by atoms with van der Waals surface area (Å²) < 4.78 is 19.9. The number of halogens is 1. The Hall–Kier alpha value is -2.21. The van der Waals surface area contributed by atoms with Crippen molar-refractivity contribution in [1.29, 1.82) is 0 Å². The van der Waals surface area contributed by atoms with E-state index in [1.165, 1.54) is 12.1 Å². The van der Waals surface area contributed by atoms with Crippen molar-refractivity contribution in [3.05, 3.63) is 36.3 Å². The fourth-order valence-corrected chi connectivity index (χ4v) is 6.60. The van der Waals surface area contributed by atoms with Crippen molar-refractivity contribution in [2.45, 2.75) is 56.2 Å². The van der Waals surface area contributed by atoms with Gasteiger partial charge in [-0.25, -0.2) is 4.39 Å². The zero-order chi connectivity index (χ0) is 20.0. The van der Waals surface area contributed by atoms with E-state index in [1.807, 2.05) is 6.07 Å². The van der Waals surface area contributed by atoms with Crippen molar-refractivity contribution >= 4 is 16.8 Å². The van der Waals surface area contributed by atoms with Gasteiger partial charge in [-0.15, -0.1) is 0 Å². The summed E-state index contributed by atoms with van der Waals surface area (Å²) in [6.07, 6.45) is 6.56. The first-order valence-corrected chi connectivity index (χ1v) is 10.7. The number of hydrogen-bond acceptors (Lipinski definition) is 4. The second-order valence-electron chi connectivity index (χ2n) is 10.0. The molecule has 2 bridgehead atoms. The molecular weight excluding hydrogens is 369 g/mol. The molecule has 1 amide bonds. The highest BCUT2D eigenvalue weighted by atomic mass is 19.1. The van der Waals surface area contributed by atoms with Crippen molar-refractivity contribution in [1.82, 2.24) is 10.3 Å². The number of benzene rings is 1. The van der Waals surface area contributed by atoms with Crippen molar-refractivity contribution in [3.63, 3.8) is 0 Å². The molecule has 2 aromatic rings. The minimum atomic E-state index is -0.284. The molecule has 3 N–H and O–H groups in total. The number of ether oxygens (including phenoxy) is 1. The Morgan fingerprint density at radius 1 is 1.28 bits per heavy atom. The van der Waals surface area contributed by atoms with Crippen LogP contribution in [0.25, 0.3) is 10.9 Å². The second-order valence-corrected chi connectivity index (χ2v) is 10.0. The lowest BCUT2D eigenvalue weighted by atomic mass is 9.44. The molecule has 0 aliphatic heterocycles. The maximum atomic E-state index is 13.7. The predicted octanol–water partition coefficient (Wildman–Crippen LogP) is 3.16. The standard InChI is InChI=1S/C23H26FN3O2/c1-12(21(28)27-23-9-22(25,10-23)11-23)20-15-7-14(8-16(15)20)29-19-4-5-26-18-3-2-13(24)6-17(18)19/h2-6,12,14-16,20H,7-11,25H2,1H3,(H,27,28)/t12?,14-,15+,16-,20-,22?,23?. The van der Waals surface area contributed by atoms with Crippen LogP contribution in [0.4, 0.5) is 4.39 Å². The molecule has 5 aliphatic carbocycles. The summed E-state index contributed by atoms with van der Waals surface area (Å²) in [5.41, 5.74) is 6.86. The Labute approximate surface area is 169 Å². The molecule has 5 nitrogen and oxygen atoms in total. The minimum absolute atomic E-state index is 0.00736. The van der Waals surface area contributed by atoms with Gasteiger partial charge in [0.05, 0.1) is 11.6 Å². The van der Waals surface area contributed by atoms with Crippen LogP contribution in [0.15, 0.2) is 30.5 Å². The van der Waals surface area contributed by atoms with Gasteiger partial charge in [0.15, 0.2) is 0 Å². The molecule has 1 heterocycles. The van der Waals surface area contributed by atoms with E-state index in [0.717, 1.165) is 37.6 Å². The number of amides is 1. The van der Waals surface area contributed by atoms with Crippen molar-refractivity contribution in [3.8, 4) is 5.75 Å². The Balaban J connectivity index is 1.07. The number of nitrogens with zero attached hydrogens (tertiary/aromatic N) is 1. The smallest absolute Gasteiger partial charge is 0.223 e. The number of rotatable bonds is 5. The van der Waals surface area contributed by atoms with Gasteiger partial charge >= 0.3 is 0 Å². The summed E-state index contributed by atoms with van der Waals surface area (Å²) >= 11 is 0. The number of aromatic nitrogens is 1. The molecular formula is C23H26FN3O2. The zero-order valence-corrected chi connectivity index (χ0v) is 16.5. The molecule has 0 saturated heterocycles. The number of nitrogens with two attached hydrogens (primary N) is 1. The molecule has 5 atom stereocenters. The monoisotopic (exact) mass is 395 g/mol. The summed E-state index contributed by atoms with van der Waals surface area (Å²) in [4.78, 5) is 17.0. The van der Waals surface area contributed by atoms with Crippen molar-refractivity contribution in [2.24, 2.45) is 29.4 Å². The molecule has 29 heavy (non-hydrogen) atoms. The number of pyridine rings is 1. The molecule has 6 heteroatoms. The van der Waals surface area contributed by atoms with Crippen molar-refractivity contribution in [2.75, 3.05) is 0 Å². The van der Waals surface area contributed by atoms with E-state index >= 15 is 0 Å². The Bertz CT molecular complexity index is 993. The largest absolute Gasteiger partial charge is 0.490 e. The summed E-state index contributed by atoms with van der Waals surface area (Å²) in [7, 11) is 0. The van der Waals surface area contributed by atoms with Gasteiger partial charge in [-0.2, -0.15) is 0 Å². The highest BCUT2D eigenvalue weighted by Crippen LogP contribution is 2.62. The molecule has 152 valence electrons. The Kier molecular flexibility index (Phi) is 3.46. The van der Waals surface area contributed by atoms with Crippen LogP contribution in [0.3, 0.4) is 0 Å². The maximum Gasteiger partial charge on any atom is 0.223 e. The van der Waals surface area contributed by atoms with Gasteiger partial charge in [0, 0.05) is 28.6 Å². The van der Waals surface area contributed by atoms with E-state index in [9.17, 15) is 9.18 Å². The predicted molar refractivity (Wildman–Crippen MR) is 107 cm³/mol. The van der Waals surface area contributed by atoms with E-state index < -0.39 is 0 Å². The summed E-state index contributed by atoms with van der Waals surface area (Å²) in [5, 5.41) is 3.99. The SMILES string of the molecule is CC(C(=O)NC12CC(N)(C1)C2)[C@H]1[C@@H]2C[C@H](Oc3ccnc4ccc(F)cc34)C[C@@H]21. The van der Waals surface area contributed by atoms with E-state index in [0.29, 0.717) is 28.9 Å². The Morgan fingerprint density at radius 2 is 2.00 bits per heavy atom. The summed E-state index contributed by atoms with van der Waals surface area (Å²) in [6.45, 7) is 2.07. The normalized spacial score (nSPS) is 39.8. The number of carbonyl (C=O) groups excluding carboxylic acids is 1. The third-order valence-corrected chi connectivity index (χ3v) is 7.88. The molecule has 1 unspecified atom stereocenters. The van der Waals surface area contributed by atoms with Gasteiger partial charge < -0.3 is 15.8 Å². The average Bonchev–Trinajstić information content (AvgIpc) is 3.14. The summed E-state index contributed by atoms with van der Waals surface area (Å²) in [5.74, 6) is 2.22. The molecule has 1 aromatic carbocycles. The first kappa shape index (κ1) is 17.6. The van der Waals surface area contributed by atoms with Crippen LogP contribution < -0.4 is 15.8 Å². The highest BCUT2D eigenvalue weighted by Gasteiger charge is 2.67. The minimum Gasteiger partial charge on any atom is -0.490 e. The zero-order valence-electron chi connectivity index (χ0n) is 16.5. The van der Waals surface area contributed by atoms with Crippen LogP contribution in [0, 0.1) is 29.5 Å². The van der Waals surface area contributed by atoms with E-state index in [2.05, 4.69) is 17.2 Å². The lowest BCUT2D eigenvalue weighted by Crippen LogP contribution is -2.82. The number of carbonyl (C=O) groups is 1. The van der Waals surface area contributed by atoms with Gasteiger partial charge in [0.2, 0.25) is 5.91 Å². The number of hydrogen-bond donors (Lipinski definition) is 2. The molecule has 5 saturated carbocycles. The third kappa shape index (κ3) is 2.68. The number of fused-ring (bicyclic) bond motifs is 2. The van der Waals surface area contributed by atoms with Crippen LogP contribution in [-0.2, 0) is 4.79 Å². The van der Waals surface area contributed by atoms with Crippen LogP contribution in [-0.4, -0.2) is 28.1 Å². The molecule has 5 aliphatic rings. The summed E-state index contributed by atoms with van der Waals surface area (Å²) in [6, 6.07) is 6.39. The van der Waals surface area contributed by atoms with Gasteiger partial charge in [0.1, 0.15) is 11.6 Å². The molecule has 7 rings (SSSR count). The molecule has 0 radical (unpaired) electrons. The molecule has 5 fully saturated rings. The number of nitrogens with one attached hydrogen (secondary N) is 1. The van der Waals surface area contributed by atoms with Crippen LogP contribution in [0.5, 0.6) is 5.75 Å². The van der Waals surface area contributed by atoms with Gasteiger partial charge in [-0.3, -0.25) is 9.78 Å². The lowest BCUT2D eigenvalue weighted by molar-refractivity contribution is -0.140. The maximum absolute atomic E-state index is 13.7. The lowest BCUT2D eigenvalue weighted by Gasteiger charge is -2.69. The van der Waals surface area contributed by atoms with E-state index in [-0.39, 0.29) is 34.8 Å². The van der Waals surface area contributed by atoms with Crippen LogP contribution in [0.1, 0.15) is 39.0 Å². The van der Waals surface area contributed by atoms with Crippen LogP contribution >= 0.6 is 0 Å². The first-order valence-electron chi connectivity index (χ1n) is 10.7. The highest BCUT2D eigenvalue weighted by molar-refractivity contribution is 5.84. The van der Waals surface area contributed by atoms with Crippen LogP contribution in [0.2, 0.25) is 0 Å². The van der Waals surface area contributed by atoms with Gasteiger partial charge in [-0.05, 0) is 74.1 Å². The topological polar surface area (TPSA) is 77.2 Å². The van der Waals surface area contributed by atoms with E-state index in [4.69, 9.17) is 10.5 Å². The van der Waals surface area contributed by atoms with Gasteiger partial charge in [-0.1, -0.05) is 6.92 Å². The fourth-order valence-electron chi connectivity index (χ4n) is 6.60.